The van der Waals surface area contributed by atoms with Crippen LogP contribution in [-0.2, 0) is 4.79 Å². The zero-order chi connectivity index (χ0) is 23.2. The molecule has 0 aliphatic rings. The molecule has 33 heavy (non-hydrogen) atoms. The first kappa shape index (κ1) is 22.5. The number of aromatic amines is 2. The van der Waals surface area contributed by atoms with Gasteiger partial charge in [-0.1, -0.05) is 12.8 Å². The van der Waals surface area contributed by atoms with Gasteiger partial charge in [-0.25, -0.2) is 4.98 Å². The second kappa shape index (κ2) is 10.3. The summed E-state index contributed by atoms with van der Waals surface area (Å²) < 4.78 is 5.30. The van der Waals surface area contributed by atoms with Crippen LogP contribution in [0, 0.1) is 0 Å². The third kappa shape index (κ3) is 5.58. The van der Waals surface area contributed by atoms with E-state index in [0.29, 0.717) is 23.5 Å². The molecule has 0 fully saturated rings. The van der Waals surface area contributed by atoms with Gasteiger partial charge in [0.1, 0.15) is 16.5 Å². The number of carbonyl (C=O) groups excluding carboxylic acids is 2. The van der Waals surface area contributed by atoms with E-state index in [2.05, 4.69) is 25.3 Å². The number of amides is 2. The Morgan fingerprint density at radius 3 is 2.79 bits per heavy atom. The van der Waals surface area contributed by atoms with Crippen molar-refractivity contribution in [3.05, 3.63) is 52.9 Å². The molecule has 4 aromatic rings. The van der Waals surface area contributed by atoms with E-state index in [1.807, 2.05) is 24.3 Å². The Labute approximate surface area is 194 Å². The van der Waals surface area contributed by atoms with Crippen molar-refractivity contribution in [3.8, 4) is 17.1 Å². The molecule has 0 bridgehead atoms. The minimum atomic E-state index is -0.300. The van der Waals surface area contributed by atoms with E-state index in [0.717, 1.165) is 47.3 Å². The van der Waals surface area contributed by atoms with Gasteiger partial charge in [0.2, 0.25) is 5.91 Å². The van der Waals surface area contributed by atoms with E-state index in [9.17, 15) is 9.59 Å². The molecule has 0 aliphatic heterocycles. The average molecular weight is 467 g/mol. The minimum absolute atomic E-state index is 0.185. The van der Waals surface area contributed by atoms with Crippen LogP contribution in [0.2, 0.25) is 0 Å². The van der Waals surface area contributed by atoms with Gasteiger partial charge in [-0.15, -0.1) is 11.3 Å². The number of benzene rings is 1. The quantitative estimate of drug-likeness (QED) is 0.248. The van der Waals surface area contributed by atoms with Crippen LogP contribution >= 0.6 is 11.3 Å². The molecule has 1 atom stereocenters. The maximum absolute atomic E-state index is 12.7. The maximum Gasteiger partial charge on any atom is 0.263 e. The molecule has 9 nitrogen and oxygen atoms in total. The highest BCUT2D eigenvalue weighted by Crippen LogP contribution is 2.28. The van der Waals surface area contributed by atoms with Gasteiger partial charge in [-0.2, -0.15) is 0 Å². The number of hydrogen-bond acceptors (Lipinski definition) is 6. The van der Waals surface area contributed by atoms with Gasteiger partial charge >= 0.3 is 0 Å². The van der Waals surface area contributed by atoms with Crippen molar-refractivity contribution >= 4 is 34.1 Å². The summed E-state index contributed by atoms with van der Waals surface area (Å²) in [5.41, 5.74) is 9.56. The normalized spacial score (nSPS) is 12.0. The molecule has 4 rings (SSSR count). The lowest BCUT2D eigenvalue weighted by molar-refractivity contribution is -0.118. The Balaban J connectivity index is 1.51. The number of nitrogens with one attached hydrogen (secondary N) is 3. The Morgan fingerprint density at radius 2 is 2.03 bits per heavy atom. The predicted molar refractivity (Wildman–Crippen MR) is 127 cm³/mol. The fraction of sp³-hybridized carbons (Fsp3) is 0.304. The number of carbonyl (C=O) groups is 2. The third-order valence-corrected chi connectivity index (χ3v) is 6.19. The van der Waals surface area contributed by atoms with Crippen molar-refractivity contribution in [1.29, 1.82) is 0 Å². The molecule has 0 saturated heterocycles. The molecule has 0 spiro atoms. The Kier molecular flexibility index (Phi) is 7.04. The van der Waals surface area contributed by atoms with Crippen molar-refractivity contribution < 1.29 is 14.3 Å². The van der Waals surface area contributed by atoms with Crippen LogP contribution < -0.4 is 15.8 Å². The topological polar surface area (TPSA) is 139 Å². The number of ether oxygens (including phenoxy) is 1. The minimum Gasteiger partial charge on any atom is -0.497 e. The highest BCUT2D eigenvalue weighted by molar-refractivity contribution is 7.11. The number of fused-ring (bicyclic) bond motifs is 1. The van der Waals surface area contributed by atoms with Crippen molar-refractivity contribution in [1.82, 2.24) is 25.3 Å². The standard InChI is InChI=1S/C23H26N6O3S/c1-32-15-7-8-16-14(9-15)10-18(27-16)19-11-26-22(28-19)17(5-3-2-4-6-21(24)30)29-23(31)20-12-25-13-33-20/h7-13,17,27H,2-6H2,1H3,(H2,24,30)(H,26,28)(H,29,31)/t17-/m0/s1. The van der Waals surface area contributed by atoms with Crippen LogP contribution in [0.5, 0.6) is 5.75 Å². The lowest BCUT2D eigenvalue weighted by atomic mass is 10.1. The molecule has 0 aliphatic carbocycles. The zero-order valence-electron chi connectivity index (χ0n) is 18.3. The van der Waals surface area contributed by atoms with Gasteiger partial charge in [0.25, 0.3) is 5.91 Å². The molecule has 1 aromatic carbocycles. The van der Waals surface area contributed by atoms with E-state index in [4.69, 9.17) is 10.5 Å². The number of imidazole rings is 1. The Bertz CT molecular complexity index is 1230. The third-order valence-electron chi connectivity index (χ3n) is 5.42. The Morgan fingerprint density at radius 1 is 1.15 bits per heavy atom. The van der Waals surface area contributed by atoms with Crippen molar-refractivity contribution in [3.63, 3.8) is 0 Å². The van der Waals surface area contributed by atoms with Gasteiger partial charge in [-0.3, -0.25) is 14.6 Å². The van der Waals surface area contributed by atoms with Gasteiger partial charge < -0.3 is 25.8 Å². The molecule has 2 amide bonds. The highest BCUT2D eigenvalue weighted by Gasteiger charge is 2.20. The number of nitrogens with zero attached hydrogens (tertiary/aromatic N) is 2. The van der Waals surface area contributed by atoms with Crippen LogP contribution in [-0.4, -0.2) is 38.9 Å². The van der Waals surface area contributed by atoms with Gasteiger partial charge in [-0.05, 0) is 37.1 Å². The summed E-state index contributed by atoms with van der Waals surface area (Å²) in [6.45, 7) is 0. The predicted octanol–water partition coefficient (Wildman–Crippen LogP) is 3.93. The van der Waals surface area contributed by atoms with Crippen LogP contribution in [0.25, 0.3) is 22.3 Å². The molecule has 5 N–H and O–H groups in total. The monoisotopic (exact) mass is 466 g/mol. The van der Waals surface area contributed by atoms with Gasteiger partial charge in [0.05, 0.1) is 42.4 Å². The number of hydrogen-bond donors (Lipinski definition) is 4. The van der Waals surface area contributed by atoms with E-state index < -0.39 is 0 Å². The van der Waals surface area contributed by atoms with Crippen molar-refractivity contribution in [2.75, 3.05) is 7.11 Å². The van der Waals surface area contributed by atoms with Gasteiger partial charge in [0.15, 0.2) is 0 Å². The summed E-state index contributed by atoms with van der Waals surface area (Å²) >= 11 is 1.29. The summed E-state index contributed by atoms with van der Waals surface area (Å²) in [6.07, 6.45) is 6.75. The molecule has 3 heterocycles. The summed E-state index contributed by atoms with van der Waals surface area (Å²) in [6, 6.07) is 7.58. The van der Waals surface area contributed by atoms with E-state index in [1.165, 1.54) is 11.3 Å². The summed E-state index contributed by atoms with van der Waals surface area (Å²) in [5.74, 6) is 0.988. The molecule has 3 aromatic heterocycles. The number of thiazole rings is 1. The van der Waals surface area contributed by atoms with E-state index in [1.54, 1.807) is 25.0 Å². The first-order chi connectivity index (χ1) is 16.0. The SMILES string of the molecule is COc1ccc2[nH]c(-c3cnc([C@H](CCCCCC(N)=O)NC(=O)c4cncs4)[nH]3)cc2c1. The van der Waals surface area contributed by atoms with Crippen molar-refractivity contribution in [2.45, 2.75) is 38.1 Å². The van der Waals surface area contributed by atoms with Crippen LogP contribution in [0.4, 0.5) is 0 Å². The molecular formula is C23H26N6O3S. The lowest BCUT2D eigenvalue weighted by Crippen LogP contribution is -2.28. The molecule has 0 radical (unpaired) electrons. The number of H-pyrrole nitrogens is 2. The number of unbranched alkanes of at least 4 members (excludes halogenated alkanes) is 2. The molecule has 172 valence electrons. The average Bonchev–Trinajstić information content (AvgIpc) is 3.57. The summed E-state index contributed by atoms with van der Waals surface area (Å²) in [7, 11) is 1.64. The molecular weight excluding hydrogens is 440 g/mol. The lowest BCUT2D eigenvalue weighted by Gasteiger charge is -2.16. The molecule has 0 saturated carbocycles. The molecule has 0 unspecified atom stereocenters. The van der Waals surface area contributed by atoms with Crippen LogP contribution in [0.15, 0.2) is 42.2 Å². The van der Waals surface area contributed by atoms with E-state index in [-0.39, 0.29) is 17.9 Å². The first-order valence-corrected chi connectivity index (χ1v) is 11.6. The number of primary amides is 1. The molecule has 10 heteroatoms. The van der Waals surface area contributed by atoms with Gasteiger partial charge in [0, 0.05) is 17.3 Å². The fourth-order valence-electron chi connectivity index (χ4n) is 3.69. The largest absolute Gasteiger partial charge is 0.497 e. The first-order valence-electron chi connectivity index (χ1n) is 10.7. The summed E-state index contributed by atoms with van der Waals surface area (Å²) in [4.78, 5) is 39.5. The Hall–Kier alpha value is -3.66. The van der Waals surface area contributed by atoms with Crippen molar-refractivity contribution in [2.24, 2.45) is 5.73 Å². The zero-order valence-corrected chi connectivity index (χ0v) is 19.1. The fourth-order valence-corrected chi connectivity index (χ4v) is 4.22. The van der Waals surface area contributed by atoms with Crippen LogP contribution in [0.1, 0.15) is 53.6 Å². The smallest absolute Gasteiger partial charge is 0.263 e. The second-order valence-corrected chi connectivity index (χ2v) is 8.66. The number of aromatic nitrogens is 4. The number of methoxy groups -OCH3 is 1. The van der Waals surface area contributed by atoms with Crippen LogP contribution in [0.3, 0.4) is 0 Å². The second-order valence-electron chi connectivity index (χ2n) is 7.78. The van der Waals surface area contributed by atoms with E-state index >= 15 is 0 Å². The number of nitrogens with two attached hydrogens (primary N) is 1. The number of rotatable bonds is 11. The highest BCUT2D eigenvalue weighted by atomic mass is 32.1. The summed E-state index contributed by atoms with van der Waals surface area (Å²) in [5, 5.41) is 4.09. The maximum atomic E-state index is 12.7.